The van der Waals surface area contributed by atoms with E-state index in [0.717, 1.165) is 44.7 Å². The highest BCUT2D eigenvalue weighted by Gasteiger charge is 2.39. The summed E-state index contributed by atoms with van der Waals surface area (Å²) in [5.41, 5.74) is -1.02. The number of ether oxygens (including phenoxy) is 2. The number of piperidine rings is 2. The molecule has 4 rings (SSSR count). The zero-order valence-electron chi connectivity index (χ0n) is 23.6. The number of halogens is 3. The maximum absolute atomic E-state index is 13.2. The van der Waals surface area contributed by atoms with Crippen molar-refractivity contribution >= 4 is 17.6 Å². The molecule has 0 bridgehead atoms. The fourth-order valence-corrected chi connectivity index (χ4v) is 5.17. The van der Waals surface area contributed by atoms with E-state index in [0.29, 0.717) is 50.9 Å². The average molecular weight is 612 g/mol. The summed E-state index contributed by atoms with van der Waals surface area (Å²) in [4.78, 5) is 35.7. The van der Waals surface area contributed by atoms with Crippen molar-refractivity contribution in [1.29, 1.82) is 0 Å². The molecule has 2 saturated heterocycles. The molecule has 10 nitrogen and oxygen atoms in total. The molecular formula is C30H40F3N3O7. The van der Waals surface area contributed by atoms with Crippen molar-refractivity contribution in [1.82, 2.24) is 9.80 Å². The van der Waals surface area contributed by atoms with Gasteiger partial charge in [-0.1, -0.05) is 19.6 Å². The Kier molecular flexibility index (Phi) is 13.2. The minimum atomic E-state index is -4.86. The van der Waals surface area contributed by atoms with Crippen molar-refractivity contribution in [3.8, 4) is 11.5 Å². The van der Waals surface area contributed by atoms with Gasteiger partial charge < -0.3 is 24.4 Å². The lowest BCUT2D eigenvalue weighted by Gasteiger charge is -2.34. The molecule has 0 spiro atoms. The third kappa shape index (κ3) is 10.7. The molecule has 0 unspecified atom stereocenters. The topological polar surface area (TPSA) is 122 Å². The van der Waals surface area contributed by atoms with Gasteiger partial charge in [-0.3, -0.25) is 19.7 Å². The fourth-order valence-electron chi connectivity index (χ4n) is 5.17. The number of benzene rings is 2. The number of likely N-dealkylation sites (tertiary alicyclic amines) is 2. The summed E-state index contributed by atoms with van der Waals surface area (Å²) in [5.74, 6) is 0.526. The molecule has 2 aromatic rings. The molecule has 13 heteroatoms. The Balaban J connectivity index is 0.00000121. The van der Waals surface area contributed by atoms with Crippen LogP contribution in [-0.4, -0.2) is 77.6 Å². The predicted octanol–water partition coefficient (Wildman–Crippen LogP) is 5.99. The van der Waals surface area contributed by atoms with Crippen molar-refractivity contribution in [3.05, 3.63) is 63.7 Å². The number of methoxy groups -OCH3 is 1. The normalized spacial score (nSPS) is 16.3. The average Bonchev–Trinajstić information content (AvgIpc) is 2.96. The van der Waals surface area contributed by atoms with Gasteiger partial charge in [0.1, 0.15) is 23.2 Å². The molecule has 2 aliphatic heterocycles. The lowest BCUT2D eigenvalue weighted by Crippen LogP contribution is -2.43. The SMILES string of the molecule is C.CC(=O)O.COc1ccc(C2CCN(CCC(=O)N3CCC(Oc4ccc([N+](=O)[O-])c(C(F)(F)F)c4)CC3)CC2)cc1. The molecule has 1 N–H and O–H groups in total. The van der Waals surface area contributed by atoms with E-state index in [-0.39, 0.29) is 25.2 Å². The number of carbonyl (C=O) groups is 2. The van der Waals surface area contributed by atoms with Crippen LogP contribution in [0.25, 0.3) is 0 Å². The molecule has 2 aliphatic rings. The minimum Gasteiger partial charge on any atom is -0.497 e. The molecule has 2 heterocycles. The van der Waals surface area contributed by atoms with E-state index in [2.05, 4.69) is 17.0 Å². The van der Waals surface area contributed by atoms with E-state index in [4.69, 9.17) is 19.4 Å². The summed E-state index contributed by atoms with van der Waals surface area (Å²) < 4.78 is 50.6. The first kappa shape index (κ1) is 35.3. The first-order valence-electron chi connectivity index (χ1n) is 13.7. The van der Waals surface area contributed by atoms with Crippen LogP contribution in [0, 0.1) is 10.1 Å². The predicted molar refractivity (Wildman–Crippen MR) is 154 cm³/mol. The summed E-state index contributed by atoms with van der Waals surface area (Å²) in [5, 5.41) is 18.4. The molecule has 0 saturated carbocycles. The Morgan fingerprint density at radius 2 is 1.56 bits per heavy atom. The van der Waals surface area contributed by atoms with Crippen LogP contribution in [0.5, 0.6) is 11.5 Å². The lowest BCUT2D eigenvalue weighted by molar-refractivity contribution is -0.388. The zero-order chi connectivity index (χ0) is 30.9. The van der Waals surface area contributed by atoms with Crippen molar-refractivity contribution in [2.24, 2.45) is 0 Å². The largest absolute Gasteiger partial charge is 0.497 e. The second-order valence-corrected chi connectivity index (χ2v) is 10.3. The number of alkyl halides is 3. The zero-order valence-corrected chi connectivity index (χ0v) is 23.6. The Morgan fingerprint density at radius 1 is 1.00 bits per heavy atom. The molecular weight excluding hydrogens is 571 g/mol. The molecule has 43 heavy (non-hydrogen) atoms. The summed E-state index contributed by atoms with van der Waals surface area (Å²) in [6.45, 7) is 4.59. The first-order chi connectivity index (χ1) is 19.9. The van der Waals surface area contributed by atoms with Crippen molar-refractivity contribution < 1.29 is 42.3 Å². The summed E-state index contributed by atoms with van der Waals surface area (Å²) in [6, 6.07) is 10.9. The number of carboxylic acid groups (broad SMARTS) is 1. The summed E-state index contributed by atoms with van der Waals surface area (Å²) >= 11 is 0. The molecule has 0 atom stereocenters. The quantitative estimate of drug-likeness (QED) is 0.285. The van der Waals surface area contributed by atoms with E-state index in [9.17, 15) is 28.1 Å². The molecule has 0 radical (unpaired) electrons. The van der Waals surface area contributed by atoms with Gasteiger partial charge in [-0.05, 0) is 61.7 Å². The molecule has 238 valence electrons. The van der Waals surface area contributed by atoms with Crippen LogP contribution in [-0.2, 0) is 15.8 Å². The third-order valence-electron chi connectivity index (χ3n) is 7.38. The van der Waals surface area contributed by atoms with E-state index in [1.165, 1.54) is 11.6 Å². The highest BCUT2D eigenvalue weighted by molar-refractivity contribution is 5.76. The van der Waals surface area contributed by atoms with Gasteiger partial charge in [0, 0.05) is 51.9 Å². The molecule has 2 aromatic carbocycles. The van der Waals surface area contributed by atoms with Crippen LogP contribution in [0.4, 0.5) is 18.9 Å². The highest BCUT2D eigenvalue weighted by atomic mass is 19.4. The Bertz CT molecular complexity index is 1200. The lowest BCUT2D eigenvalue weighted by atomic mass is 9.89. The number of rotatable bonds is 8. The fraction of sp³-hybridized carbons (Fsp3) is 0.533. The smallest absolute Gasteiger partial charge is 0.423 e. The summed E-state index contributed by atoms with van der Waals surface area (Å²) in [6.07, 6.45) is -1.74. The highest BCUT2D eigenvalue weighted by Crippen LogP contribution is 2.38. The van der Waals surface area contributed by atoms with Gasteiger partial charge in [0.15, 0.2) is 0 Å². The van der Waals surface area contributed by atoms with E-state index in [1.54, 1.807) is 12.0 Å². The second kappa shape index (κ2) is 16.1. The van der Waals surface area contributed by atoms with Crippen molar-refractivity contribution in [3.63, 3.8) is 0 Å². The number of hydrogen-bond donors (Lipinski definition) is 1. The van der Waals surface area contributed by atoms with Gasteiger partial charge in [0.05, 0.1) is 12.0 Å². The van der Waals surface area contributed by atoms with E-state index >= 15 is 0 Å². The molecule has 1 amide bonds. The molecule has 0 aromatic heterocycles. The van der Waals surface area contributed by atoms with Gasteiger partial charge in [-0.2, -0.15) is 13.2 Å². The maximum Gasteiger partial charge on any atom is 0.423 e. The van der Waals surface area contributed by atoms with Crippen LogP contribution in [0.3, 0.4) is 0 Å². The Labute approximate surface area is 249 Å². The number of hydrogen-bond acceptors (Lipinski definition) is 7. The van der Waals surface area contributed by atoms with Gasteiger partial charge in [-0.25, -0.2) is 0 Å². The van der Waals surface area contributed by atoms with Gasteiger partial charge in [0.2, 0.25) is 5.91 Å². The number of nitrogens with zero attached hydrogens (tertiary/aromatic N) is 3. The Morgan fingerprint density at radius 3 is 2.07 bits per heavy atom. The number of carboxylic acids is 1. The van der Waals surface area contributed by atoms with Gasteiger partial charge in [0.25, 0.3) is 11.7 Å². The maximum atomic E-state index is 13.2. The number of amides is 1. The number of carbonyl (C=O) groups excluding carboxylic acids is 1. The molecule has 0 aliphatic carbocycles. The van der Waals surface area contributed by atoms with Gasteiger partial charge >= 0.3 is 6.18 Å². The Hall–Kier alpha value is -3.87. The summed E-state index contributed by atoms with van der Waals surface area (Å²) in [7, 11) is 1.66. The van der Waals surface area contributed by atoms with Gasteiger partial charge in [-0.15, -0.1) is 0 Å². The standard InChI is InChI=1S/C27H32F3N3O5.C2H4O2.CH4/c1-37-21-4-2-19(3-5-21)20-8-13-31(14-9-20)15-12-26(34)32-16-10-22(11-17-32)38-23-6-7-25(33(35)36)24(18-23)27(28,29)30;1-2(3)4;/h2-7,18,20,22H,8-17H2,1H3;1H3,(H,3,4);1H4. The van der Waals surface area contributed by atoms with Crippen molar-refractivity contribution in [2.75, 3.05) is 39.8 Å². The number of nitro benzene ring substituents is 1. The molecule has 2 fully saturated rings. The minimum absolute atomic E-state index is 0. The van der Waals surface area contributed by atoms with Crippen LogP contribution >= 0.6 is 0 Å². The van der Waals surface area contributed by atoms with Crippen molar-refractivity contribution in [2.45, 2.75) is 64.7 Å². The number of aliphatic carboxylic acids is 1. The van der Waals surface area contributed by atoms with E-state index in [1.807, 2.05) is 12.1 Å². The van der Waals surface area contributed by atoms with Crippen LogP contribution in [0.15, 0.2) is 42.5 Å². The second-order valence-electron chi connectivity index (χ2n) is 10.3. The first-order valence-corrected chi connectivity index (χ1v) is 13.7. The monoisotopic (exact) mass is 611 g/mol. The van der Waals surface area contributed by atoms with Crippen LogP contribution in [0.1, 0.15) is 63.5 Å². The number of nitro groups is 1. The van der Waals surface area contributed by atoms with Crippen LogP contribution < -0.4 is 9.47 Å². The van der Waals surface area contributed by atoms with E-state index < -0.39 is 28.3 Å². The third-order valence-corrected chi connectivity index (χ3v) is 7.38. The van der Waals surface area contributed by atoms with Crippen LogP contribution in [0.2, 0.25) is 0 Å².